The average Bonchev–Trinajstić information content (AvgIpc) is 2.85. The summed E-state index contributed by atoms with van der Waals surface area (Å²) in [4.78, 5) is 14.8. The molecule has 3 aromatic rings. The second-order valence-electron chi connectivity index (χ2n) is 7.69. The summed E-state index contributed by atoms with van der Waals surface area (Å²) in [5.74, 6) is 0.878. The van der Waals surface area contributed by atoms with Crippen molar-refractivity contribution in [2.45, 2.75) is 24.5 Å². The number of nitrogens with two attached hydrogens (primary N) is 1. The summed E-state index contributed by atoms with van der Waals surface area (Å²) in [6.07, 6.45) is 0. The number of sulfonamides is 1. The maximum atomic E-state index is 13.3. The molecule has 2 N–H and O–H groups in total. The zero-order chi connectivity index (χ0) is 24.9. The molecule has 0 saturated carbocycles. The van der Waals surface area contributed by atoms with E-state index in [9.17, 15) is 13.2 Å². The van der Waals surface area contributed by atoms with Crippen molar-refractivity contribution in [3.63, 3.8) is 0 Å². The van der Waals surface area contributed by atoms with Crippen LogP contribution in [0.3, 0.4) is 0 Å². The summed E-state index contributed by atoms with van der Waals surface area (Å²) in [6, 6.07) is 18.7. The summed E-state index contributed by atoms with van der Waals surface area (Å²) in [5, 5.41) is 5.16. The van der Waals surface area contributed by atoms with Gasteiger partial charge in [0.05, 0.1) is 25.2 Å². The van der Waals surface area contributed by atoms with Gasteiger partial charge in [-0.15, -0.1) is 0 Å². The molecule has 0 aliphatic carbocycles. The summed E-state index contributed by atoms with van der Waals surface area (Å²) in [6.45, 7) is 2.15. The van der Waals surface area contributed by atoms with Crippen molar-refractivity contribution in [2.75, 3.05) is 21.3 Å². The Bertz CT molecular complexity index is 1220. The Morgan fingerprint density at radius 1 is 0.971 bits per heavy atom. The maximum absolute atomic E-state index is 13.3. The van der Waals surface area contributed by atoms with Gasteiger partial charge in [-0.25, -0.2) is 13.6 Å². The fourth-order valence-corrected chi connectivity index (χ4v) is 3.93. The molecule has 0 fully saturated rings. The van der Waals surface area contributed by atoms with E-state index in [2.05, 4.69) is 0 Å². The number of hydrogen-bond acceptors (Lipinski definition) is 6. The van der Waals surface area contributed by atoms with Crippen molar-refractivity contribution in [1.29, 1.82) is 0 Å². The first kappa shape index (κ1) is 25.1. The van der Waals surface area contributed by atoms with Gasteiger partial charge in [-0.2, -0.15) is 0 Å². The molecule has 0 bridgehead atoms. The van der Waals surface area contributed by atoms with Crippen LogP contribution in [0.2, 0.25) is 0 Å². The Hall–Kier alpha value is -3.56. The molecule has 3 aromatic carbocycles. The van der Waals surface area contributed by atoms with Crippen LogP contribution < -0.4 is 19.3 Å². The number of benzene rings is 3. The van der Waals surface area contributed by atoms with Gasteiger partial charge in [-0.1, -0.05) is 42.5 Å². The number of carbonyl (C=O) groups excluding carboxylic acids is 1. The van der Waals surface area contributed by atoms with Gasteiger partial charge in [0.25, 0.3) is 5.91 Å². The van der Waals surface area contributed by atoms with Crippen LogP contribution in [-0.4, -0.2) is 40.5 Å². The van der Waals surface area contributed by atoms with Crippen molar-refractivity contribution in [3.8, 4) is 17.2 Å². The van der Waals surface area contributed by atoms with Crippen molar-refractivity contribution in [1.82, 2.24) is 4.90 Å². The van der Waals surface area contributed by atoms with Crippen molar-refractivity contribution in [2.24, 2.45) is 5.14 Å². The van der Waals surface area contributed by atoms with E-state index in [0.717, 1.165) is 11.1 Å². The zero-order valence-corrected chi connectivity index (χ0v) is 20.3. The number of hydrogen-bond donors (Lipinski definition) is 1. The minimum absolute atomic E-state index is 0.0120. The lowest BCUT2D eigenvalue weighted by atomic mass is 10.1. The third-order valence-electron chi connectivity index (χ3n) is 5.53. The highest BCUT2D eigenvalue weighted by Crippen LogP contribution is 2.39. The summed E-state index contributed by atoms with van der Waals surface area (Å²) in [5.41, 5.74) is 2.09. The average molecular weight is 485 g/mol. The minimum Gasteiger partial charge on any atom is -0.493 e. The SMILES string of the molecule is COc1cc(C(=O)N(C)C(C)c2ccc(S(N)(=O)=O)cc2)cc(OC)c1OCc1ccccc1. The third kappa shape index (κ3) is 5.67. The van der Waals surface area contributed by atoms with Gasteiger partial charge >= 0.3 is 0 Å². The lowest BCUT2D eigenvalue weighted by Gasteiger charge is -2.26. The molecule has 1 unspecified atom stereocenters. The third-order valence-corrected chi connectivity index (χ3v) is 6.46. The fraction of sp³-hybridized carbons (Fsp3) is 0.240. The Labute approximate surface area is 199 Å². The molecule has 0 aromatic heterocycles. The van der Waals surface area contributed by atoms with Crippen LogP contribution in [0.1, 0.15) is 34.5 Å². The lowest BCUT2D eigenvalue weighted by Crippen LogP contribution is -2.29. The molecular weight excluding hydrogens is 456 g/mol. The second kappa shape index (κ2) is 10.6. The Balaban J connectivity index is 1.84. The van der Waals surface area contributed by atoms with Crippen molar-refractivity contribution in [3.05, 3.63) is 83.4 Å². The van der Waals surface area contributed by atoms with Gasteiger partial charge in [0.2, 0.25) is 15.8 Å². The van der Waals surface area contributed by atoms with Gasteiger partial charge in [0.1, 0.15) is 6.61 Å². The van der Waals surface area contributed by atoms with Crippen LogP contribution >= 0.6 is 0 Å². The van der Waals surface area contributed by atoms with E-state index in [4.69, 9.17) is 19.3 Å². The van der Waals surface area contributed by atoms with Gasteiger partial charge < -0.3 is 19.1 Å². The minimum atomic E-state index is -3.79. The van der Waals surface area contributed by atoms with E-state index in [1.54, 1.807) is 36.2 Å². The predicted octanol–water partition coefficient (Wildman–Crippen LogP) is 3.76. The number of methoxy groups -OCH3 is 2. The number of nitrogens with zero attached hydrogens (tertiary/aromatic N) is 1. The second-order valence-corrected chi connectivity index (χ2v) is 9.25. The van der Waals surface area contributed by atoms with Crippen LogP contribution in [0, 0.1) is 0 Å². The monoisotopic (exact) mass is 484 g/mol. The van der Waals surface area contributed by atoms with Crippen molar-refractivity contribution >= 4 is 15.9 Å². The molecule has 0 aliphatic heterocycles. The lowest BCUT2D eigenvalue weighted by molar-refractivity contribution is 0.0741. The van der Waals surface area contributed by atoms with Crippen LogP contribution in [0.15, 0.2) is 71.6 Å². The highest BCUT2D eigenvalue weighted by molar-refractivity contribution is 7.89. The highest BCUT2D eigenvalue weighted by Gasteiger charge is 2.23. The van der Waals surface area contributed by atoms with Crippen LogP contribution in [0.25, 0.3) is 0 Å². The van der Waals surface area contributed by atoms with E-state index in [0.29, 0.717) is 29.4 Å². The van der Waals surface area contributed by atoms with Crippen LogP contribution in [0.4, 0.5) is 0 Å². The first-order valence-electron chi connectivity index (χ1n) is 10.5. The molecule has 180 valence electrons. The summed E-state index contributed by atoms with van der Waals surface area (Å²) >= 11 is 0. The highest BCUT2D eigenvalue weighted by atomic mass is 32.2. The van der Waals surface area contributed by atoms with Gasteiger partial charge in [-0.3, -0.25) is 4.79 Å². The van der Waals surface area contributed by atoms with E-state index < -0.39 is 10.0 Å². The fourth-order valence-electron chi connectivity index (χ4n) is 3.41. The molecule has 34 heavy (non-hydrogen) atoms. The molecule has 0 radical (unpaired) electrons. The predicted molar refractivity (Wildman–Crippen MR) is 129 cm³/mol. The van der Waals surface area contributed by atoms with E-state index >= 15 is 0 Å². The van der Waals surface area contributed by atoms with E-state index in [-0.39, 0.29) is 16.8 Å². The van der Waals surface area contributed by atoms with Crippen LogP contribution in [-0.2, 0) is 16.6 Å². The Kier molecular flexibility index (Phi) is 7.80. The first-order chi connectivity index (χ1) is 16.2. The standard InChI is InChI=1S/C25H28N2O6S/c1-17(19-10-12-21(13-11-19)34(26,29)30)27(2)25(28)20-14-22(31-3)24(23(15-20)32-4)33-16-18-8-6-5-7-9-18/h5-15,17H,16H2,1-4H3,(H2,26,29,30). The first-order valence-corrected chi connectivity index (χ1v) is 12.0. The smallest absolute Gasteiger partial charge is 0.254 e. The molecule has 1 atom stereocenters. The van der Waals surface area contributed by atoms with E-state index in [1.165, 1.54) is 26.4 Å². The van der Waals surface area contributed by atoms with Crippen molar-refractivity contribution < 1.29 is 27.4 Å². The molecule has 3 rings (SSSR count). The summed E-state index contributed by atoms with van der Waals surface area (Å²) in [7, 11) is 0.874. The molecule has 0 saturated heterocycles. The molecule has 0 spiro atoms. The maximum Gasteiger partial charge on any atom is 0.254 e. The quantitative estimate of drug-likeness (QED) is 0.495. The molecular formula is C25H28N2O6S. The Morgan fingerprint density at radius 2 is 1.53 bits per heavy atom. The number of amides is 1. The molecule has 0 heterocycles. The topological polar surface area (TPSA) is 108 Å². The van der Waals surface area contributed by atoms with Gasteiger partial charge in [0.15, 0.2) is 11.5 Å². The normalized spacial score (nSPS) is 12.0. The molecule has 8 nitrogen and oxygen atoms in total. The number of rotatable bonds is 9. The van der Waals surface area contributed by atoms with Gasteiger partial charge in [-0.05, 0) is 42.3 Å². The molecule has 9 heteroatoms. The van der Waals surface area contributed by atoms with E-state index in [1.807, 2.05) is 37.3 Å². The number of primary sulfonamides is 1. The Morgan fingerprint density at radius 3 is 2.03 bits per heavy atom. The largest absolute Gasteiger partial charge is 0.493 e. The van der Waals surface area contributed by atoms with Gasteiger partial charge in [0, 0.05) is 12.6 Å². The van der Waals surface area contributed by atoms with Crippen LogP contribution in [0.5, 0.6) is 17.2 Å². The number of carbonyl (C=O) groups is 1. The summed E-state index contributed by atoms with van der Waals surface area (Å²) < 4.78 is 39.9. The zero-order valence-electron chi connectivity index (χ0n) is 19.5. The number of ether oxygens (including phenoxy) is 3. The molecule has 0 aliphatic rings. The molecule has 1 amide bonds.